The van der Waals surface area contributed by atoms with Gasteiger partial charge in [0, 0.05) is 4.47 Å². The van der Waals surface area contributed by atoms with Crippen LogP contribution in [0.1, 0.15) is 25.3 Å². The van der Waals surface area contributed by atoms with E-state index in [-0.39, 0.29) is 5.92 Å². The molecule has 1 aromatic heterocycles. The molecule has 2 aromatic rings. The average Bonchev–Trinajstić information content (AvgIpc) is 2.32. The molecule has 0 saturated carbocycles. The summed E-state index contributed by atoms with van der Waals surface area (Å²) < 4.78 is 7.64. The standard InChI is InChI=1S/C13H11Br2ClN2O/c1-7(2)11-12(16)17-6-18-13(11)19-10-4-3-8(14)5-9(10)15/h3-7H,1-2H3. The number of nitrogens with zero attached hydrogens (tertiary/aromatic N) is 2. The van der Waals surface area contributed by atoms with Crippen molar-refractivity contribution in [1.29, 1.82) is 0 Å². The number of ether oxygens (including phenoxy) is 1. The molecule has 3 nitrogen and oxygen atoms in total. The van der Waals surface area contributed by atoms with Gasteiger partial charge >= 0.3 is 0 Å². The zero-order valence-corrected chi connectivity index (χ0v) is 14.3. The van der Waals surface area contributed by atoms with E-state index in [4.69, 9.17) is 16.3 Å². The van der Waals surface area contributed by atoms with E-state index in [2.05, 4.69) is 41.8 Å². The first kappa shape index (κ1) is 14.8. The Hall–Kier alpha value is -0.650. The van der Waals surface area contributed by atoms with E-state index in [1.807, 2.05) is 32.0 Å². The normalized spacial score (nSPS) is 10.8. The summed E-state index contributed by atoms with van der Waals surface area (Å²) in [6, 6.07) is 5.67. The molecule has 0 spiro atoms. The summed E-state index contributed by atoms with van der Waals surface area (Å²) in [5.74, 6) is 1.34. The van der Waals surface area contributed by atoms with Gasteiger partial charge in [0.15, 0.2) is 0 Å². The molecule has 1 heterocycles. The molecule has 6 heteroatoms. The Labute approximate surface area is 133 Å². The van der Waals surface area contributed by atoms with Gasteiger partial charge in [-0.1, -0.05) is 41.4 Å². The highest BCUT2D eigenvalue weighted by atomic mass is 79.9. The second-order valence-corrected chi connectivity index (χ2v) is 6.34. The summed E-state index contributed by atoms with van der Waals surface area (Å²) in [7, 11) is 0. The van der Waals surface area contributed by atoms with Gasteiger partial charge in [0.05, 0.1) is 10.0 Å². The fourth-order valence-corrected chi connectivity index (χ4v) is 3.06. The minimum Gasteiger partial charge on any atom is -0.437 e. The lowest BCUT2D eigenvalue weighted by atomic mass is 10.1. The van der Waals surface area contributed by atoms with Gasteiger partial charge in [-0.3, -0.25) is 0 Å². The zero-order valence-electron chi connectivity index (χ0n) is 10.3. The summed E-state index contributed by atoms with van der Waals surface area (Å²) >= 11 is 13.0. The molecule has 100 valence electrons. The monoisotopic (exact) mass is 404 g/mol. The summed E-state index contributed by atoms with van der Waals surface area (Å²) in [5, 5.41) is 0.424. The van der Waals surface area contributed by atoms with E-state index in [1.54, 1.807) is 0 Å². The van der Waals surface area contributed by atoms with Gasteiger partial charge in [-0.25, -0.2) is 9.97 Å². The first-order valence-corrected chi connectivity index (χ1v) is 7.58. The Balaban J connectivity index is 2.41. The fraction of sp³-hybridized carbons (Fsp3) is 0.231. The summed E-state index contributed by atoms with van der Waals surface area (Å²) in [6.07, 6.45) is 1.40. The molecule has 2 rings (SSSR count). The van der Waals surface area contributed by atoms with Gasteiger partial charge in [0.1, 0.15) is 17.2 Å². The average molecular weight is 407 g/mol. The molecule has 0 radical (unpaired) electrons. The van der Waals surface area contributed by atoms with E-state index in [0.717, 1.165) is 14.5 Å². The van der Waals surface area contributed by atoms with Crippen molar-refractivity contribution in [3.8, 4) is 11.6 Å². The van der Waals surface area contributed by atoms with Crippen LogP contribution in [0.4, 0.5) is 0 Å². The molecule has 0 aliphatic heterocycles. The fourth-order valence-electron chi connectivity index (χ4n) is 1.59. The van der Waals surface area contributed by atoms with Crippen LogP contribution in [0, 0.1) is 0 Å². The predicted octanol–water partition coefficient (Wildman–Crippen LogP) is 5.57. The molecule has 0 unspecified atom stereocenters. The molecule has 0 N–H and O–H groups in total. The first-order chi connectivity index (χ1) is 8.99. The highest BCUT2D eigenvalue weighted by Gasteiger charge is 2.16. The molecule has 0 aliphatic carbocycles. The van der Waals surface area contributed by atoms with Gasteiger partial charge in [-0.2, -0.15) is 0 Å². The van der Waals surface area contributed by atoms with Crippen molar-refractivity contribution < 1.29 is 4.74 Å². The number of benzene rings is 1. The first-order valence-electron chi connectivity index (χ1n) is 5.62. The third-order valence-electron chi connectivity index (χ3n) is 2.48. The Morgan fingerprint density at radius 3 is 2.58 bits per heavy atom. The van der Waals surface area contributed by atoms with Crippen LogP contribution in [-0.2, 0) is 0 Å². The number of halogens is 3. The maximum absolute atomic E-state index is 6.11. The summed E-state index contributed by atoms with van der Waals surface area (Å²) in [4.78, 5) is 8.16. The molecule has 0 atom stereocenters. The molecule has 0 saturated heterocycles. The smallest absolute Gasteiger partial charge is 0.227 e. The largest absolute Gasteiger partial charge is 0.437 e. The van der Waals surface area contributed by atoms with Gasteiger partial charge in [0.25, 0.3) is 0 Å². The molecular weight excluding hydrogens is 395 g/mol. The lowest BCUT2D eigenvalue weighted by Gasteiger charge is -2.14. The van der Waals surface area contributed by atoms with Gasteiger partial charge < -0.3 is 4.74 Å². The SMILES string of the molecule is CC(C)c1c(Cl)ncnc1Oc1ccc(Br)cc1Br. The maximum atomic E-state index is 6.11. The van der Waals surface area contributed by atoms with Crippen molar-refractivity contribution >= 4 is 43.5 Å². The molecule has 0 amide bonds. The second kappa shape index (κ2) is 6.20. The van der Waals surface area contributed by atoms with Crippen LogP contribution in [0.15, 0.2) is 33.5 Å². The number of aromatic nitrogens is 2. The van der Waals surface area contributed by atoms with Crippen molar-refractivity contribution in [3.05, 3.63) is 44.2 Å². The van der Waals surface area contributed by atoms with Crippen LogP contribution >= 0.6 is 43.5 Å². The number of hydrogen-bond acceptors (Lipinski definition) is 3. The van der Waals surface area contributed by atoms with Gasteiger partial charge in [-0.05, 0) is 40.0 Å². The van der Waals surface area contributed by atoms with Crippen LogP contribution in [0.3, 0.4) is 0 Å². The van der Waals surface area contributed by atoms with Crippen LogP contribution in [-0.4, -0.2) is 9.97 Å². The molecule has 1 aromatic carbocycles. The number of rotatable bonds is 3. The maximum Gasteiger partial charge on any atom is 0.227 e. The van der Waals surface area contributed by atoms with Crippen molar-refractivity contribution in [2.75, 3.05) is 0 Å². The van der Waals surface area contributed by atoms with E-state index in [9.17, 15) is 0 Å². The van der Waals surface area contributed by atoms with E-state index < -0.39 is 0 Å². The highest BCUT2D eigenvalue weighted by molar-refractivity contribution is 9.11. The summed E-state index contributed by atoms with van der Waals surface area (Å²) in [5.41, 5.74) is 0.805. The topological polar surface area (TPSA) is 35.0 Å². The number of hydrogen-bond donors (Lipinski definition) is 0. The zero-order chi connectivity index (χ0) is 14.0. The Kier molecular flexibility index (Phi) is 4.81. The van der Waals surface area contributed by atoms with Crippen molar-refractivity contribution in [3.63, 3.8) is 0 Å². The minimum atomic E-state index is 0.179. The minimum absolute atomic E-state index is 0.179. The molecule has 0 bridgehead atoms. The lowest BCUT2D eigenvalue weighted by molar-refractivity contribution is 0.448. The molecule has 0 aliphatic rings. The second-order valence-electron chi connectivity index (χ2n) is 4.21. The van der Waals surface area contributed by atoms with E-state index in [0.29, 0.717) is 16.8 Å². The molecule has 0 fully saturated rings. The van der Waals surface area contributed by atoms with E-state index >= 15 is 0 Å². The van der Waals surface area contributed by atoms with Crippen LogP contribution in [0.2, 0.25) is 5.15 Å². The van der Waals surface area contributed by atoms with Crippen molar-refractivity contribution in [2.24, 2.45) is 0 Å². The Bertz CT molecular complexity index is 605. The Morgan fingerprint density at radius 2 is 1.95 bits per heavy atom. The van der Waals surface area contributed by atoms with Crippen LogP contribution in [0.25, 0.3) is 0 Å². The predicted molar refractivity (Wildman–Crippen MR) is 83.0 cm³/mol. The third kappa shape index (κ3) is 3.46. The van der Waals surface area contributed by atoms with Crippen molar-refractivity contribution in [1.82, 2.24) is 9.97 Å². The highest BCUT2D eigenvalue weighted by Crippen LogP contribution is 2.36. The van der Waals surface area contributed by atoms with Crippen LogP contribution < -0.4 is 4.74 Å². The van der Waals surface area contributed by atoms with Crippen molar-refractivity contribution in [2.45, 2.75) is 19.8 Å². The third-order valence-corrected chi connectivity index (χ3v) is 3.89. The lowest BCUT2D eigenvalue weighted by Crippen LogP contribution is -2.00. The molecular formula is C13H11Br2ClN2O. The summed E-state index contributed by atoms with van der Waals surface area (Å²) in [6.45, 7) is 4.04. The quantitative estimate of drug-likeness (QED) is 0.625. The molecule has 19 heavy (non-hydrogen) atoms. The van der Waals surface area contributed by atoms with Gasteiger partial charge in [-0.15, -0.1) is 0 Å². The van der Waals surface area contributed by atoms with Crippen LogP contribution in [0.5, 0.6) is 11.6 Å². The van der Waals surface area contributed by atoms with Gasteiger partial charge in [0.2, 0.25) is 5.88 Å². The Morgan fingerprint density at radius 1 is 1.21 bits per heavy atom. The van der Waals surface area contributed by atoms with E-state index in [1.165, 1.54) is 6.33 Å².